The Bertz CT molecular complexity index is 816. The first-order chi connectivity index (χ1) is 12.0. The van der Waals surface area contributed by atoms with E-state index in [4.69, 9.17) is 16.3 Å². The van der Waals surface area contributed by atoms with Crippen LogP contribution < -0.4 is 5.32 Å². The van der Waals surface area contributed by atoms with E-state index in [0.717, 1.165) is 29.3 Å². The maximum atomic E-state index is 13.0. The second-order valence-corrected chi connectivity index (χ2v) is 7.41. The topological polar surface area (TPSA) is 55.4 Å². The van der Waals surface area contributed by atoms with Gasteiger partial charge in [-0.25, -0.2) is 4.79 Å². The SMILES string of the molecule is COC(=O)c1ccc(Cl)c(NC(=O)C2(c3ccc(Br)cc3)CCC2)c1. The summed E-state index contributed by atoms with van der Waals surface area (Å²) in [5, 5.41) is 3.28. The van der Waals surface area contributed by atoms with E-state index in [-0.39, 0.29) is 5.91 Å². The third kappa shape index (κ3) is 3.44. The molecule has 0 atom stereocenters. The van der Waals surface area contributed by atoms with Crippen molar-refractivity contribution in [1.29, 1.82) is 0 Å². The van der Waals surface area contributed by atoms with Gasteiger partial charge in [0.25, 0.3) is 0 Å². The van der Waals surface area contributed by atoms with Gasteiger partial charge in [-0.3, -0.25) is 4.79 Å². The molecule has 1 aliphatic rings. The van der Waals surface area contributed by atoms with Crippen LogP contribution in [-0.4, -0.2) is 19.0 Å². The molecule has 2 aromatic carbocycles. The van der Waals surface area contributed by atoms with Crippen LogP contribution in [0.4, 0.5) is 5.69 Å². The minimum absolute atomic E-state index is 0.106. The molecule has 0 aliphatic heterocycles. The smallest absolute Gasteiger partial charge is 0.337 e. The van der Waals surface area contributed by atoms with Crippen molar-refractivity contribution in [3.63, 3.8) is 0 Å². The summed E-state index contributed by atoms with van der Waals surface area (Å²) in [5.74, 6) is -0.580. The summed E-state index contributed by atoms with van der Waals surface area (Å²) >= 11 is 9.61. The molecule has 0 heterocycles. The molecule has 2 aromatic rings. The van der Waals surface area contributed by atoms with Crippen LogP contribution in [0, 0.1) is 0 Å². The highest BCUT2D eigenvalue weighted by Gasteiger charge is 2.45. The summed E-state index contributed by atoms with van der Waals surface area (Å²) in [4.78, 5) is 24.7. The van der Waals surface area contributed by atoms with E-state index in [0.29, 0.717) is 16.3 Å². The fourth-order valence-electron chi connectivity index (χ4n) is 3.05. The van der Waals surface area contributed by atoms with Crippen molar-refractivity contribution >= 4 is 45.1 Å². The van der Waals surface area contributed by atoms with E-state index in [2.05, 4.69) is 21.2 Å². The van der Waals surface area contributed by atoms with Gasteiger partial charge in [0.15, 0.2) is 0 Å². The highest BCUT2D eigenvalue weighted by molar-refractivity contribution is 9.10. The number of ether oxygens (including phenoxy) is 1. The molecule has 25 heavy (non-hydrogen) atoms. The maximum absolute atomic E-state index is 13.0. The van der Waals surface area contributed by atoms with E-state index in [1.165, 1.54) is 7.11 Å². The van der Waals surface area contributed by atoms with Crippen molar-refractivity contribution in [2.45, 2.75) is 24.7 Å². The van der Waals surface area contributed by atoms with Crippen LogP contribution in [0.2, 0.25) is 5.02 Å². The number of anilines is 1. The summed E-state index contributed by atoms with van der Waals surface area (Å²) in [6, 6.07) is 12.5. The number of hydrogen-bond donors (Lipinski definition) is 1. The average Bonchev–Trinajstić information content (AvgIpc) is 2.57. The predicted octanol–water partition coefficient (Wildman–Crippen LogP) is 4.95. The van der Waals surface area contributed by atoms with Crippen molar-refractivity contribution in [3.8, 4) is 0 Å². The molecule has 0 saturated heterocycles. The first-order valence-corrected chi connectivity index (χ1v) is 9.09. The van der Waals surface area contributed by atoms with Gasteiger partial charge < -0.3 is 10.1 Å². The summed E-state index contributed by atoms with van der Waals surface area (Å²) in [5.41, 5.74) is 1.19. The van der Waals surface area contributed by atoms with E-state index < -0.39 is 11.4 Å². The van der Waals surface area contributed by atoms with Crippen LogP contribution >= 0.6 is 27.5 Å². The number of amides is 1. The first-order valence-electron chi connectivity index (χ1n) is 7.92. The molecular formula is C19H17BrClNO3. The van der Waals surface area contributed by atoms with Gasteiger partial charge in [0.2, 0.25) is 5.91 Å². The molecule has 6 heteroatoms. The molecule has 0 unspecified atom stereocenters. The van der Waals surface area contributed by atoms with Gasteiger partial charge >= 0.3 is 5.97 Å². The number of carbonyl (C=O) groups excluding carboxylic acids is 2. The standard InChI is InChI=1S/C19H17BrClNO3/c1-25-17(23)12-3-8-15(21)16(11-12)22-18(24)19(9-2-10-19)13-4-6-14(20)7-5-13/h3-8,11H,2,9-10H2,1H3,(H,22,24). The molecule has 1 saturated carbocycles. The number of benzene rings is 2. The third-order valence-corrected chi connectivity index (χ3v) is 5.53. The molecule has 0 bridgehead atoms. The van der Waals surface area contributed by atoms with Gasteiger partial charge in [-0.15, -0.1) is 0 Å². The quantitative estimate of drug-likeness (QED) is 0.709. The van der Waals surface area contributed by atoms with Crippen molar-refractivity contribution in [3.05, 3.63) is 63.1 Å². The van der Waals surface area contributed by atoms with Crippen LogP contribution in [0.15, 0.2) is 46.9 Å². The Kier molecular flexibility index (Phi) is 5.16. The van der Waals surface area contributed by atoms with Crippen molar-refractivity contribution in [2.75, 3.05) is 12.4 Å². The number of methoxy groups -OCH3 is 1. The lowest BCUT2D eigenvalue weighted by molar-refractivity contribution is -0.124. The third-order valence-electron chi connectivity index (χ3n) is 4.67. The van der Waals surface area contributed by atoms with E-state index in [1.807, 2.05) is 24.3 Å². The Morgan fingerprint density at radius 2 is 1.84 bits per heavy atom. The second-order valence-electron chi connectivity index (χ2n) is 6.08. The Balaban J connectivity index is 1.88. The molecule has 1 aliphatic carbocycles. The summed E-state index contributed by atoms with van der Waals surface area (Å²) < 4.78 is 5.69. The molecule has 0 aromatic heterocycles. The summed E-state index contributed by atoms with van der Waals surface area (Å²) in [6.45, 7) is 0. The lowest BCUT2D eigenvalue weighted by Crippen LogP contribution is -2.46. The lowest BCUT2D eigenvalue weighted by Gasteiger charge is -2.40. The molecule has 1 fully saturated rings. The van der Waals surface area contributed by atoms with Crippen LogP contribution in [-0.2, 0) is 14.9 Å². The van der Waals surface area contributed by atoms with Crippen molar-refractivity contribution in [2.24, 2.45) is 0 Å². The molecule has 4 nitrogen and oxygen atoms in total. The zero-order chi connectivity index (χ0) is 18.0. The van der Waals surface area contributed by atoms with Gasteiger partial charge in [0, 0.05) is 4.47 Å². The maximum Gasteiger partial charge on any atom is 0.337 e. The van der Waals surface area contributed by atoms with Gasteiger partial charge in [0.05, 0.1) is 28.8 Å². The van der Waals surface area contributed by atoms with Gasteiger partial charge in [-0.1, -0.05) is 46.1 Å². The number of esters is 1. The lowest BCUT2D eigenvalue weighted by atomic mass is 9.64. The van der Waals surface area contributed by atoms with Crippen LogP contribution in [0.3, 0.4) is 0 Å². The second kappa shape index (κ2) is 7.18. The molecular weight excluding hydrogens is 406 g/mol. The van der Waals surface area contributed by atoms with Crippen LogP contribution in [0.25, 0.3) is 0 Å². The van der Waals surface area contributed by atoms with E-state index in [9.17, 15) is 9.59 Å². The minimum Gasteiger partial charge on any atom is -0.465 e. The van der Waals surface area contributed by atoms with E-state index >= 15 is 0 Å². The number of carbonyl (C=O) groups is 2. The fourth-order valence-corrected chi connectivity index (χ4v) is 3.48. The predicted molar refractivity (Wildman–Crippen MR) is 101 cm³/mol. The summed E-state index contributed by atoms with van der Waals surface area (Å²) in [7, 11) is 1.31. The van der Waals surface area contributed by atoms with Crippen molar-refractivity contribution < 1.29 is 14.3 Å². The van der Waals surface area contributed by atoms with Crippen molar-refractivity contribution in [1.82, 2.24) is 0 Å². The molecule has 0 spiro atoms. The zero-order valence-corrected chi connectivity index (χ0v) is 16.0. The summed E-state index contributed by atoms with van der Waals surface area (Å²) in [6.07, 6.45) is 2.57. The normalized spacial score (nSPS) is 15.2. The molecule has 1 amide bonds. The first kappa shape index (κ1) is 18.0. The highest BCUT2D eigenvalue weighted by atomic mass is 79.9. The fraction of sp³-hybridized carbons (Fsp3) is 0.263. The Morgan fingerprint density at radius 1 is 1.16 bits per heavy atom. The number of rotatable bonds is 4. The minimum atomic E-state index is -0.550. The molecule has 1 N–H and O–H groups in total. The molecule has 130 valence electrons. The Labute approximate surface area is 159 Å². The number of halogens is 2. The molecule has 3 rings (SSSR count). The van der Waals surface area contributed by atoms with Gasteiger partial charge in [-0.2, -0.15) is 0 Å². The van der Waals surface area contributed by atoms with Crippen LogP contribution in [0.1, 0.15) is 35.2 Å². The Morgan fingerprint density at radius 3 is 2.40 bits per heavy atom. The highest BCUT2D eigenvalue weighted by Crippen LogP contribution is 2.45. The largest absolute Gasteiger partial charge is 0.465 e. The van der Waals surface area contributed by atoms with Crippen LogP contribution in [0.5, 0.6) is 0 Å². The Hall–Kier alpha value is -1.85. The number of hydrogen-bond acceptors (Lipinski definition) is 3. The zero-order valence-electron chi connectivity index (χ0n) is 13.6. The van der Waals surface area contributed by atoms with E-state index in [1.54, 1.807) is 18.2 Å². The van der Waals surface area contributed by atoms with Gasteiger partial charge in [0.1, 0.15) is 0 Å². The average molecular weight is 423 g/mol. The number of nitrogens with one attached hydrogen (secondary N) is 1. The van der Waals surface area contributed by atoms with Gasteiger partial charge in [-0.05, 0) is 48.7 Å². The molecule has 0 radical (unpaired) electrons. The monoisotopic (exact) mass is 421 g/mol.